The number of nitrogens with zero attached hydrogens (tertiary/aromatic N) is 1. The molecular weight excluding hydrogens is 207 g/mol. The number of anilines is 1. The average molecular weight is 222 g/mol. The van der Waals surface area contributed by atoms with Gasteiger partial charge in [0.1, 0.15) is 5.82 Å². The lowest BCUT2D eigenvalue weighted by Crippen LogP contribution is -2.37. The molecule has 0 spiro atoms. The normalized spacial score (nSPS) is 19.4. The Morgan fingerprint density at radius 2 is 2.25 bits per heavy atom. The van der Waals surface area contributed by atoms with Crippen molar-refractivity contribution in [2.75, 3.05) is 12.3 Å². The number of rotatable bonds is 0. The molecule has 1 aliphatic heterocycles. The third-order valence-corrected chi connectivity index (χ3v) is 3.26. The number of halogens is 1. The van der Waals surface area contributed by atoms with Crippen LogP contribution in [-0.4, -0.2) is 17.4 Å². The third kappa shape index (κ3) is 1.54. The van der Waals surface area contributed by atoms with Gasteiger partial charge >= 0.3 is 0 Å². The molecule has 0 aromatic heterocycles. The topological polar surface area (TPSA) is 46.3 Å². The number of carbonyl (C=O) groups excluding carboxylic acids is 1. The molecule has 0 fully saturated rings. The van der Waals surface area contributed by atoms with E-state index in [2.05, 4.69) is 0 Å². The molecule has 1 aromatic carbocycles. The van der Waals surface area contributed by atoms with Gasteiger partial charge in [0, 0.05) is 13.5 Å². The summed E-state index contributed by atoms with van der Waals surface area (Å²) in [5, 5.41) is 0. The van der Waals surface area contributed by atoms with Crippen LogP contribution in [0.2, 0.25) is 0 Å². The summed E-state index contributed by atoms with van der Waals surface area (Å²) in [6.45, 7) is 4.10. The Bertz CT molecular complexity index is 445. The van der Waals surface area contributed by atoms with Crippen LogP contribution in [0.3, 0.4) is 0 Å². The van der Waals surface area contributed by atoms with E-state index in [9.17, 15) is 9.18 Å². The van der Waals surface area contributed by atoms with Crippen LogP contribution in [-0.2, 0) is 11.2 Å². The van der Waals surface area contributed by atoms with Crippen molar-refractivity contribution in [1.82, 2.24) is 4.90 Å². The van der Waals surface area contributed by atoms with Gasteiger partial charge in [-0.1, -0.05) is 6.07 Å². The first-order valence-electron chi connectivity index (χ1n) is 5.36. The van der Waals surface area contributed by atoms with Crippen molar-refractivity contribution in [3.63, 3.8) is 0 Å². The molecule has 86 valence electrons. The zero-order valence-electron chi connectivity index (χ0n) is 9.46. The van der Waals surface area contributed by atoms with Gasteiger partial charge in [-0.05, 0) is 30.5 Å². The third-order valence-electron chi connectivity index (χ3n) is 3.26. The largest absolute Gasteiger partial charge is 0.396 e. The molecule has 1 heterocycles. The second kappa shape index (κ2) is 3.77. The highest BCUT2D eigenvalue weighted by Crippen LogP contribution is 2.33. The summed E-state index contributed by atoms with van der Waals surface area (Å²) in [7, 11) is 0. The van der Waals surface area contributed by atoms with Crippen LogP contribution in [0, 0.1) is 5.82 Å². The van der Waals surface area contributed by atoms with Gasteiger partial charge in [-0.25, -0.2) is 4.39 Å². The van der Waals surface area contributed by atoms with Crippen LogP contribution in [0.5, 0.6) is 0 Å². The minimum atomic E-state index is -0.373. The lowest BCUT2D eigenvalue weighted by Gasteiger charge is -2.35. The van der Waals surface area contributed by atoms with E-state index in [4.69, 9.17) is 5.73 Å². The minimum Gasteiger partial charge on any atom is -0.396 e. The van der Waals surface area contributed by atoms with Crippen molar-refractivity contribution in [3.8, 4) is 0 Å². The zero-order chi connectivity index (χ0) is 11.9. The molecule has 0 saturated heterocycles. The zero-order valence-corrected chi connectivity index (χ0v) is 9.46. The molecule has 1 unspecified atom stereocenters. The summed E-state index contributed by atoms with van der Waals surface area (Å²) in [6.07, 6.45) is 0.628. The fraction of sp³-hybridized carbons (Fsp3) is 0.417. The maximum atomic E-state index is 13.3. The van der Waals surface area contributed by atoms with E-state index in [1.54, 1.807) is 17.9 Å². The number of fused-ring (bicyclic) bond motifs is 1. The SMILES string of the molecule is CC(=O)N1CCc2c(ccc(F)c2N)C1C. The maximum absolute atomic E-state index is 13.3. The lowest BCUT2D eigenvalue weighted by molar-refractivity contribution is -0.131. The molecule has 4 heteroatoms. The van der Waals surface area contributed by atoms with Crippen LogP contribution in [0.1, 0.15) is 31.0 Å². The van der Waals surface area contributed by atoms with Gasteiger partial charge in [0.25, 0.3) is 0 Å². The summed E-state index contributed by atoms with van der Waals surface area (Å²) in [4.78, 5) is 13.2. The van der Waals surface area contributed by atoms with Crippen molar-refractivity contribution in [3.05, 3.63) is 29.1 Å². The Labute approximate surface area is 94.0 Å². The second-order valence-corrected chi connectivity index (χ2v) is 4.17. The molecule has 3 nitrogen and oxygen atoms in total. The van der Waals surface area contributed by atoms with E-state index in [-0.39, 0.29) is 23.5 Å². The highest BCUT2D eigenvalue weighted by Gasteiger charge is 2.27. The summed E-state index contributed by atoms with van der Waals surface area (Å²) in [5.74, 6) is -0.330. The number of hydrogen-bond donors (Lipinski definition) is 1. The molecule has 0 radical (unpaired) electrons. The molecule has 1 aliphatic rings. The number of amides is 1. The van der Waals surface area contributed by atoms with Crippen LogP contribution < -0.4 is 5.73 Å². The number of nitrogen functional groups attached to an aromatic ring is 1. The number of benzene rings is 1. The van der Waals surface area contributed by atoms with Gasteiger partial charge in [-0.15, -0.1) is 0 Å². The predicted octanol–water partition coefficient (Wildman–Crippen LogP) is 1.87. The minimum absolute atomic E-state index is 0.0239. The Morgan fingerprint density at radius 1 is 1.56 bits per heavy atom. The first-order chi connectivity index (χ1) is 7.52. The monoisotopic (exact) mass is 222 g/mol. The highest BCUT2D eigenvalue weighted by atomic mass is 19.1. The van der Waals surface area contributed by atoms with Crippen LogP contribution in [0.15, 0.2) is 12.1 Å². The molecule has 0 aliphatic carbocycles. The van der Waals surface area contributed by atoms with Gasteiger partial charge in [0.2, 0.25) is 5.91 Å². The molecule has 1 atom stereocenters. The number of nitrogens with two attached hydrogens (primary N) is 1. The predicted molar refractivity (Wildman–Crippen MR) is 60.3 cm³/mol. The molecule has 2 rings (SSSR count). The van der Waals surface area contributed by atoms with Gasteiger partial charge in [-0.3, -0.25) is 4.79 Å². The van der Waals surface area contributed by atoms with Crippen molar-refractivity contribution >= 4 is 11.6 Å². The highest BCUT2D eigenvalue weighted by molar-refractivity contribution is 5.74. The Hall–Kier alpha value is -1.58. The Kier molecular flexibility index (Phi) is 2.58. The summed E-state index contributed by atoms with van der Waals surface area (Å²) in [6, 6.07) is 3.07. The van der Waals surface area contributed by atoms with Gasteiger partial charge < -0.3 is 10.6 Å². The lowest BCUT2D eigenvalue weighted by atomic mass is 9.92. The van der Waals surface area contributed by atoms with Gasteiger partial charge in [0.05, 0.1) is 11.7 Å². The van der Waals surface area contributed by atoms with E-state index in [0.29, 0.717) is 13.0 Å². The second-order valence-electron chi connectivity index (χ2n) is 4.17. The summed E-state index contributed by atoms with van der Waals surface area (Å²) in [5.41, 5.74) is 7.75. The van der Waals surface area contributed by atoms with E-state index in [1.165, 1.54) is 6.07 Å². The Balaban J connectivity index is 2.47. The van der Waals surface area contributed by atoms with Crippen LogP contribution >= 0.6 is 0 Å². The average Bonchev–Trinajstić information content (AvgIpc) is 2.23. The van der Waals surface area contributed by atoms with Crippen molar-refractivity contribution < 1.29 is 9.18 Å². The molecule has 1 amide bonds. The van der Waals surface area contributed by atoms with E-state index in [0.717, 1.165) is 11.1 Å². The molecule has 1 aromatic rings. The molecular formula is C12H15FN2O. The van der Waals surface area contributed by atoms with Crippen LogP contribution in [0.25, 0.3) is 0 Å². The molecule has 2 N–H and O–H groups in total. The van der Waals surface area contributed by atoms with Crippen molar-refractivity contribution in [2.24, 2.45) is 0 Å². The Morgan fingerprint density at radius 3 is 2.88 bits per heavy atom. The van der Waals surface area contributed by atoms with Gasteiger partial charge in [-0.2, -0.15) is 0 Å². The van der Waals surface area contributed by atoms with Crippen molar-refractivity contribution in [1.29, 1.82) is 0 Å². The quantitative estimate of drug-likeness (QED) is 0.681. The summed E-state index contributed by atoms with van der Waals surface area (Å²) >= 11 is 0. The van der Waals surface area contributed by atoms with E-state index in [1.807, 2.05) is 6.92 Å². The van der Waals surface area contributed by atoms with E-state index >= 15 is 0 Å². The van der Waals surface area contributed by atoms with Crippen molar-refractivity contribution in [2.45, 2.75) is 26.3 Å². The fourth-order valence-electron chi connectivity index (χ4n) is 2.35. The molecule has 0 bridgehead atoms. The first-order valence-corrected chi connectivity index (χ1v) is 5.36. The van der Waals surface area contributed by atoms with Gasteiger partial charge in [0.15, 0.2) is 0 Å². The smallest absolute Gasteiger partial charge is 0.219 e. The molecule has 0 saturated carbocycles. The maximum Gasteiger partial charge on any atom is 0.219 e. The molecule has 16 heavy (non-hydrogen) atoms. The standard InChI is InChI=1S/C12H15FN2O/c1-7-9-3-4-11(13)12(14)10(9)5-6-15(7)8(2)16/h3-4,7H,5-6,14H2,1-2H3. The number of carbonyl (C=O) groups is 1. The van der Waals surface area contributed by atoms with E-state index < -0.39 is 0 Å². The summed E-state index contributed by atoms with van der Waals surface area (Å²) < 4.78 is 13.3. The van der Waals surface area contributed by atoms with Crippen LogP contribution in [0.4, 0.5) is 10.1 Å². The number of hydrogen-bond acceptors (Lipinski definition) is 2. The first kappa shape index (κ1) is 10.9. The fourth-order valence-corrected chi connectivity index (χ4v) is 2.35.